The second-order valence-corrected chi connectivity index (χ2v) is 2.56. The molecule has 0 aliphatic carbocycles. The minimum absolute atomic E-state index is 0.321. The number of rotatable bonds is 2. The van der Waals surface area contributed by atoms with Gasteiger partial charge in [0, 0.05) is 0 Å². The van der Waals surface area contributed by atoms with Crippen molar-refractivity contribution >= 4 is 34.3 Å². The van der Waals surface area contributed by atoms with Crippen molar-refractivity contribution in [2.75, 3.05) is 0 Å². The van der Waals surface area contributed by atoms with Gasteiger partial charge in [-0.15, -0.1) is 0 Å². The molecule has 0 aliphatic heterocycles. The molecule has 4 heteroatoms. The van der Waals surface area contributed by atoms with Crippen LogP contribution in [0.15, 0.2) is 0 Å². The number of alkyl halides is 1. The monoisotopic (exact) mass is 228 g/mol. The highest BCUT2D eigenvalue weighted by Crippen LogP contribution is 2.00. The Bertz CT molecular complexity index is 106. The van der Waals surface area contributed by atoms with E-state index in [9.17, 15) is 9.59 Å². The lowest BCUT2D eigenvalue weighted by molar-refractivity contribution is -0.138. The molecule has 0 saturated heterocycles. The molecule has 8 heavy (non-hydrogen) atoms. The van der Waals surface area contributed by atoms with Gasteiger partial charge in [-0.2, -0.15) is 0 Å². The van der Waals surface area contributed by atoms with E-state index in [2.05, 4.69) is 0 Å². The molecule has 0 bridgehead atoms. The summed E-state index contributed by atoms with van der Waals surface area (Å²) in [4.78, 5) is 20.1. The summed E-state index contributed by atoms with van der Waals surface area (Å²) in [6.45, 7) is 1.26. The van der Waals surface area contributed by atoms with Crippen LogP contribution in [0, 0.1) is 0 Å². The van der Waals surface area contributed by atoms with Crippen LogP contribution in [0.3, 0.4) is 0 Å². The molecule has 0 amide bonds. The van der Waals surface area contributed by atoms with E-state index in [1.807, 2.05) is 0 Å². The molecular formula is C4H5IO3. The summed E-state index contributed by atoms with van der Waals surface area (Å²) in [5, 5.41) is 8.12. The quantitative estimate of drug-likeness (QED) is 0.424. The number of carbonyl (C=O) groups is 2. The summed E-state index contributed by atoms with van der Waals surface area (Å²) in [5.74, 6) is -1.39. The number of halogens is 1. The second kappa shape index (κ2) is 3.01. The Morgan fingerprint density at radius 1 is 1.62 bits per heavy atom. The third kappa shape index (κ3) is 2.25. The van der Waals surface area contributed by atoms with Gasteiger partial charge in [0.2, 0.25) is 0 Å². The van der Waals surface area contributed by atoms with E-state index >= 15 is 0 Å². The number of carboxylic acids is 1. The van der Waals surface area contributed by atoms with Crippen molar-refractivity contribution in [3.05, 3.63) is 0 Å². The van der Waals surface area contributed by atoms with E-state index in [-0.39, 0.29) is 5.78 Å². The van der Waals surface area contributed by atoms with E-state index in [0.717, 1.165) is 0 Å². The molecule has 0 aromatic carbocycles. The molecule has 3 nitrogen and oxygen atoms in total. The molecule has 0 aromatic heterocycles. The maximum Gasteiger partial charge on any atom is 0.324 e. The zero-order valence-electron chi connectivity index (χ0n) is 4.22. The fourth-order valence-electron chi connectivity index (χ4n) is 0.174. The van der Waals surface area contributed by atoms with Crippen molar-refractivity contribution in [2.24, 2.45) is 0 Å². The third-order valence-corrected chi connectivity index (χ3v) is 1.98. The predicted octanol–water partition coefficient (Wildman–Crippen LogP) is 0.464. The summed E-state index contributed by atoms with van der Waals surface area (Å²) in [6, 6.07) is 0. The number of ketones is 1. The SMILES string of the molecule is CC(=O)C(I)C(=O)O. The molecular weight excluding hydrogens is 223 g/mol. The standard InChI is InChI=1S/C4H5IO3/c1-2(6)3(5)4(7)8/h3H,1H3,(H,7,8). The number of Topliss-reactive ketones (excluding diaryl/α,β-unsaturated/α-hetero) is 1. The average Bonchev–Trinajstić information content (AvgIpc) is 1.64. The van der Waals surface area contributed by atoms with Gasteiger partial charge >= 0.3 is 5.97 Å². The van der Waals surface area contributed by atoms with Gasteiger partial charge < -0.3 is 5.11 Å². The Labute approximate surface area is 60.2 Å². The van der Waals surface area contributed by atoms with Crippen LogP contribution in [0.2, 0.25) is 0 Å². The van der Waals surface area contributed by atoms with Crippen molar-refractivity contribution < 1.29 is 14.7 Å². The molecule has 0 spiro atoms. The van der Waals surface area contributed by atoms with Gasteiger partial charge in [-0.1, -0.05) is 22.6 Å². The highest BCUT2D eigenvalue weighted by Gasteiger charge is 2.16. The maximum absolute atomic E-state index is 10.2. The normalized spacial score (nSPS) is 12.8. The smallest absolute Gasteiger partial charge is 0.324 e. The fraction of sp³-hybridized carbons (Fsp3) is 0.500. The molecule has 0 aliphatic rings. The van der Waals surface area contributed by atoms with Crippen LogP contribution in [0.5, 0.6) is 0 Å². The first-order valence-electron chi connectivity index (χ1n) is 1.93. The average molecular weight is 228 g/mol. The Kier molecular flexibility index (Phi) is 2.96. The zero-order valence-corrected chi connectivity index (χ0v) is 6.38. The van der Waals surface area contributed by atoms with Crippen molar-refractivity contribution in [1.82, 2.24) is 0 Å². The minimum Gasteiger partial charge on any atom is -0.480 e. The molecule has 0 heterocycles. The molecule has 1 N–H and O–H groups in total. The molecule has 1 unspecified atom stereocenters. The summed E-state index contributed by atoms with van der Waals surface area (Å²) in [7, 11) is 0. The van der Waals surface area contributed by atoms with E-state index in [4.69, 9.17) is 5.11 Å². The molecule has 46 valence electrons. The molecule has 0 aromatic rings. The summed E-state index contributed by atoms with van der Waals surface area (Å²) >= 11 is 1.57. The lowest BCUT2D eigenvalue weighted by atomic mass is 10.3. The second-order valence-electron chi connectivity index (χ2n) is 1.31. The number of hydrogen-bond acceptors (Lipinski definition) is 2. The first-order valence-corrected chi connectivity index (χ1v) is 3.17. The number of carbonyl (C=O) groups excluding carboxylic acids is 1. The van der Waals surface area contributed by atoms with Crippen LogP contribution >= 0.6 is 22.6 Å². The maximum atomic E-state index is 10.2. The van der Waals surface area contributed by atoms with Crippen LogP contribution in [-0.4, -0.2) is 20.8 Å². The van der Waals surface area contributed by atoms with E-state index in [1.54, 1.807) is 22.6 Å². The highest BCUT2D eigenvalue weighted by atomic mass is 127. The van der Waals surface area contributed by atoms with Gasteiger partial charge in [0.05, 0.1) is 0 Å². The fourth-order valence-corrected chi connectivity index (χ4v) is 0.174. The highest BCUT2D eigenvalue weighted by molar-refractivity contribution is 14.1. The first kappa shape index (κ1) is 7.87. The summed E-state index contributed by atoms with van der Waals surface area (Å²) < 4.78 is -0.882. The first-order chi connectivity index (χ1) is 3.55. The van der Waals surface area contributed by atoms with Crippen molar-refractivity contribution in [1.29, 1.82) is 0 Å². The number of carboxylic acid groups (broad SMARTS) is 1. The molecule has 0 rings (SSSR count). The zero-order chi connectivity index (χ0) is 6.73. The molecule has 0 fully saturated rings. The predicted molar refractivity (Wildman–Crippen MR) is 36.1 cm³/mol. The van der Waals surface area contributed by atoms with Gasteiger partial charge in [0.1, 0.15) is 0 Å². The van der Waals surface area contributed by atoms with Crippen LogP contribution in [0.1, 0.15) is 6.92 Å². The summed E-state index contributed by atoms with van der Waals surface area (Å²) in [5.41, 5.74) is 0. The van der Waals surface area contributed by atoms with Crippen LogP contribution < -0.4 is 0 Å². The largest absolute Gasteiger partial charge is 0.480 e. The lowest BCUT2D eigenvalue weighted by Crippen LogP contribution is -2.20. The van der Waals surface area contributed by atoms with E-state index in [0.29, 0.717) is 0 Å². The lowest BCUT2D eigenvalue weighted by Gasteiger charge is -1.94. The Balaban J connectivity index is 3.83. The van der Waals surface area contributed by atoms with Gasteiger partial charge in [-0.25, -0.2) is 0 Å². The molecule has 0 saturated carbocycles. The third-order valence-electron chi connectivity index (χ3n) is 0.574. The Morgan fingerprint density at radius 3 is 2.00 bits per heavy atom. The van der Waals surface area contributed by atoms with Crippen molar-refractivity contribution in [2.45, 2.75) is 10.8 Å². The Morgan fingerprint density at radius 2 is 2.00 bits per heavy atom. The van der Waals surface area contributed by atoms with Crippen LogP contribution in [-0.2, 0) is 9.59 Å². The Hall–Kier alpha value is -0.130. The summed E-state index contributed by atoms with van der Waals surface area (Å²) in [6.07, 6.45) is 0. The van der Waals surface area contributed by atoms with Gasteiger partial charge in [-0.05, 0) is 6.92 Å². The van der Waals surface area contributed by atoms with Gasteiger partial charge in [0.25, 0.3) is 0 Å². The topological polar surface area (TPSA) is 54.4 Å². The van der Waals surface area contributed by atoms with Crippen molar-refractivity contribution in [3.63, 3.8) is 0 Å². The van der Waals surface area contributed by atoms with Gasteiger partial charge in [0.15, 0.2) is 9.71 Å². The minimum atomic E-state index is -1.07. The van der Waals surface area contributed by atoms with E-state index < -0.39 is 9.89 Å². The number of aliphatic carboxylic acids is 1. The van der Waals surface area contributed by atoms with Gasteiger partial charge in [-0.3, -0.25) is 9.59 Å². The van der Waals surface area contributed by atoms with Crippen LogP contribution in [0.25, 0.3) is 0 Å². The van der Waals surface area contributed by atoms with Crippen molar-refractivity contribution in [3.8, 4) is 0 Å². The molecule has 0 radical (unpaired) electrons. The molecule has 1 atom stereocenters. The van der Waals surface area contributed by atoms with Crippen LogP contribution in [0.4, 0.5) is 0 Å². The van der Waals surface area contributed by atoms with E-state index in [1.165, 1.54) is 6.92 Å². The number of hydrogen-bond donors (Lipinski definition) is 1.